The van der Waals surface area contributed by atoms with Crippen molar-refractivity contribution in [3.05, 3.63) is 99.5 Å². The standard InChI is InChI=1S/C28H30BrN3O3/c1-18(32(2)25(17-35-3)19-7-5-4-6-8-19)30-23-14-11-21-15-26(33)27(24(21)16-23)31-28(34)20-9-12-22(29)13-10-20/h4-14,16,25-27,33H,15,17H2,1-3H3,(H,31,34). The van der Waals surface area contributed by atoms with Crippen molar-refractivity contribution in [2.45, 2.75) is 31.5 Å². The lowest BCUT2D eigenvalue weighted by atomic mass is 10.1. The zero-order valence-electron chi connectivity index (χ0n) is 20.1. The van der Waals surface area contributed by atoms with E-state index < -0.39 is 12.1 Å². The highest BCUT2D eigenvalue weighted by atomic mass is 79.9. The van der Waals surface area contributed by atoms with Gasteiger partial charge in [-0.3, -0.25) is 4.79 Å². The van der Waals surface area contributed by atoms with Crippen LogP contribution >= 0.6 is 15.9 Å². The fraction of sp³-hybridized carbons (Fsp3) is 0.286. The molecule has 182 valence electrons. The Labute approximate surface area is 214 Å². The number of aliphatic imine (C=N–C) groups is 1. The van der Waals surface area contributed by atoms with Crippen LogP contribution in [0, 0.1) is 0 Å². The maximum absolute atomic E-state index is 12.8. The van der Waals surface area contributed by atoms with E-state index >= 15 is 0 Å². The summed E-state index contributed by atoms with van der Waals surface area (Å²) in [6, 6.07) is 22.8. The number of aliphatic hydroxyl groups is 1. The number of hydrogen-bond acceptors (Lipinski definition) is 4. The van der Waals surface area contributed by atoms with Gasteiger partial charge in [0.1, 0.15) is 5.84 Å². The number of amides is 1. The van der Waals surface area contributed by atoms with Crippen LogP contribution in [0.3, 0.4) is 0 Å². The zero-order chi connectivity index (χ0) is 24.9. The molecule has 3 atom stereocenters. The van der Waals surface area contributed by atoms with Crippen molar-refractivity contribution in [3.8, 4) is 0 Å². The van der Waals surface area contributed by atoms with Crippen molar-refractivity contribution < 1.29 is 14.6 Å². The van der Waals surface area contributed by atoms with Gasteiger partial charge in [0.15, 0.2) is 0 Å². The first-order chi connectivity index (χ1) is 16.9. The molecule has 4 rings (SSSR count). The number of halogens is 1. The lowest BCUT2D eigenvalue weighted by Crippen LogP contribution is -2.33. The fourth-order valence-corrected chi connectivity index (χ4v) is 4.70. The van der Waals surface area contributed by atoms with Crippen LogP contribution in [0.5, 0.6) is 0 Å². The summed E-state index contributed by atoms with van der Waals surface area (Å²) in [5.41, 5.74) is 4.39. The molecule has 0 radical (unpaired) electrons. The van der Waals surface area contributed by atoms with Gasteiger partial charge in [0.2, 0.25) is 0 Å². The molecule has 1 aliphatic carbocycles. The first-order valence-electron chi connectivity index (χ1n) is 11.6. The Kier molecular flexibility index (Phi) is 8.00. The number of carbonyl (C=O) groups is 1. The third-order valence-electron chi connectivity index (χ3n) is 6.45. The number of ether oxygens (including phenoxy) is 1. The van der Waals surface area contributed by atoms with Gasteiger partial charge >= 0.3 is 0 Å². The van der Waals surface area contributed by atoms with Gasteiger partial charge in [0, 0.05) is 30.6 Å². The maximum Gasteiger partial charge on any atom is 0.251 e. The largest absolute Gasteiger partial charge is 0.390 e. The number of likely N-dealkylation sites (N-methyl/N-ethyl adjacent to an activating group) is 1. The van der Waals surface area contributed by atoms with Crippen LogP contribution in [-0.4, -0.2) is 48.6 Å². The second-order valence-electron chi connectivity index (χ2n) is 8.76. The molecule has 35 heavy (non-hydrogen) atoms. The summed E-state index contributed by atoms with van der Waals surface area (Å²) in [6.45, 7) is 2.51. The number of hydrogen-bond donors (Lipinski definition) is 2. The summed E-state index contributed by atoms with van der Waals surface area (Å²) in [5.74, 6) is 0.620. The van der Waals surface area contributed by atoms with Gasteiger partial charge in [-0.15, -0.1) is 0 Å². The molecule has 3 aromatic rings. The first-order valence-corrected chi connectivity index (χ1v) is 12.4. The van der Waals surface area contributed by atoms with Crippen LogP contribution in [-0.2, 0) is 11.2 Å². The van der Waals surface area contributed by atoms with Crippen LogP contribution in [0.4, 0.5) is 5.69 Å². The zero-order valence-corrected chi connectivity index (χ0v) is 21.7. The summed E-state index contributed by atoms with van der Waals surface area (Å²) in [5, 5.41) is 13.7. The molecule has 0 saturated carbocycles. The average Bonchev–Trinajstić information content (AvgIpc) is 3.17. The van der Waals surface area contributed by atoms with Crippen molar-refractivity contribution in [1.29, 1.82) is 0 Å². The topological polar surface area (TPSA) is 74.2 Å². The third-order valence-corrected chi connectivity index (χ3v) is 6.98. The summed E-state index contributed by atoms with van der Waals surface area (Å²) in [4.78, 5) is 19.8. The number of nitrogens with one attached hydrogen (secondary N) is 1. The molecule has 0 saturated heterocycles. The first kappa shape index (κ1) is 25.1. The quantitative estimate of drug-likeness (QED) is 0.322. The number of fused-ring (bicyclic) bond motifs is 1. The number of methoxy groups -OCH3 is 1. The minimum absolute atomic E-state index is 0.0270. The Balaban J connectivity index is 1.56. The summed E-state index contributed by atoms with van der Waals surface area (Å²) < 4.78 is 6.38. The molecule has 1 aliphatic rings. The van der Waals surface area contributed by atoms with Gasteiger partial charge in [-0.2, -0.15) is 0 Å². The van der Waals surface area contributed by atoms with E-state index in [1.807, 2.05) is 62.5 Å². The average molecular weight is 536 g/mol. The van der Waals surface area contributed by atoms with Crippen LogP contribution in [0.2, 0.25) is 0 Å². The van der Waals surface area contributed by atoms with Gasteiger partial charge in [-0.1, -0.05) is 52.3 Å². The molecular formula is C28H30BrN3O3. The Morgan fingerprint density at radius 3 is 2.57 bits per heavy atom. The third kappa shape index (κ3) is 5.81. The van der Waals surface area contributed by atoms with Gasteiger partial charge < -0.3 is 20.1 Å². The predicted molar refractivity (Wildman–Crippen MR) is 142 cm³/mol. The predicted octanol–water partition coefficient (Wildman–Crippen LogP) is 5.21. The molecule has 6 nitrogen and oxygen atoms in total. The molecule has 1 amide bonds. The molecule has 0 aromatic heterocycles. The Morgan fingerprint density at radius 2 is 1.89 bits per heavy atom. The minimum Gasteiger partial charge on any atom is -0.390 e. The molecule has 0 fully saturated rings. The van der Waals surface area contributed by atoms with Gasteiger partial charge in [-0.05, 0) is 60.0 Å². The van der Waals surface area contributed by atoms with Gasteiger partial charge in [0.25, 0.3) is 5.91 Å². The van der Waals surface area contributed by atoms with E-state index in [2.05, 4.69) is 38.3 Å². The molecule has 0 spiro atoms. The maximum atomic E-state index is 12.8. The van der Waals surface area contributed by atoms with Crippen LogP contribution in [0.15, 0.2) is 82.3 Å². The highest BCUT2D eigenvalue weighted by molar-refractivity contribution is 9.10. The van der Waals surface area contributed by atoms with E-state index in [4.69, 9.17) is 9.73 Å². The van der Waals surface area contributed by atoms with E-state index in [9.17, 15) is 9.90 Å². The molecule has 3 aromatic carbocycles. The lowest BCUT2D eigenvalue weighted by Gasteiger charge is -2.29. The van der Waals surface area contributed by atoms with Crippen molar-refractivity contribution in [2.24, 2.45) is 4.99 Å². The molecule has 0 aliphatic heterocycles. The Bertz CT molecular complexity index is 1200. The Morgan fingerprint density at radius 1 is 1.17 bits per heavy atom. The smallest absolute Gasteiger partial charge is 0.251 e. The number of nitrogens with zero attached hydrogens (tertiary/aromatic N) is 2. The van der Waals surface area contributed by atoms with Crippen LogP contribution in [0.25, 0.3) is 0 Å². The minimum atomic E-state index is -0.684. The molecular weight excluding hydrogens is 506 g/mol. The van der Waals surface area contributed by atoms with E-state index in [-0.39, 0.29) is 11.9 Å². The van der Waals surface area contributed by atoms with Crippen molar-refractivity contribution in [3.63, 3.8) is 0 Å². The van der Waals surface area contributed by atoms with E-state index in [1.54, 1.807) is 19.2 Å². The van der Waals surface area contributed by atoms with Crippen LogP contribution < -0.4 is 5.32 Å². The van der Waals surface area contributed by atoms with E-state index in [1.165, 1.54) is 0 Å². The van der Waals surface area contributed by atoms with E-state index in [0.29, 0.717) is 18.6 Å². The number of benzene rings is 3. The lowest BCUT2D eigenvalue weighted by molar-refractivity contribution is 0.0858. The Hall–Kier alpha value is -3.00. The normalized spacial score (nSPS) is 18.1. The molecule has 3 unspecified atom stereocenters. The molecule has 7 heteroatoms. The number of amidine groups is 1. The second-order valence-corrected chi connectivity index (χ2v) is 9.68. The highest BCUT2D eigenvalue weighted by Crippen LogP contribution is 2.35. The molecule has 2 N–H and O–H groups in total. The van der Waals surface area contributed by atoms with E-state index in [0.717, 1.165) is 32.7 Å². The van der Waals surface area contributed by atoms with Crippen LogP contribution in [0.1, 0.15) is 46.1 Å². The number of rotatable bonds is 7. The van der Waals surface area contributed by atoms with Gasteiger partial charge in [-0.25, -0.2) is 4.99 Å². The summed E-state index contributed by atoms with van der Waals surface area (Å²) >= 11 is 3.39. The highest BCUT2D eigenvalue weighted by Gasteiger charge is 2.32. The summed E-state index contributed by atoms with van der Waals surface area (Å²) in [6.07, 6.45) is -0.190. The van der Waals surface area contributed by atoms with Crippen molar-refractivity contribution >= 4 is 33.4 Å². The second kappa shape index (κ2) is 11.2. The molecule has 0 heterocycles. The van der Waals surface area contributed by atoms with Crippen molar-refractivity contribution in [2.75, 3.05) is 20.8 Å². The SMILES string of the molecule is COCC(c1ccccc1)N(C)C(C)=Nc1ccc2c(c1)C(NC(=O)c1ccc(Br)cc1)C(O)C2. The summed E-state index contributed by atoms with van der Waals surface area (Å²) in [7, 11) is 3.71. The molecule has 0 bridgehead atoms. The fourth-order valence-electron chi connectivity index (χ4n) is 4.43. The van der Waals surface area contributed by atoms with Gasteiger partial charge in [0.05, 0.1) is 30.5 Å². The number of aliphatic hydroxyl groups excluding tert-OH is 1. The number of carbonyl (C=O) groups excluding carboxylic acids is 1. The monoisotopic (exact) mass is 535 g/mol. The van der Waals surface area contributed by atoms with Crippen molar-refractivity contribution in [1.82, 2.24) is 10.2 Å².